The zero-order chi connectivity index (χ0) is 20.5. The van der Waals surface area contributed by atoms with E-state index in [9.17, 15) is 0 Å². The van der Waals surface area contributed by atoms with E-state index in [0.29, 0.717) is 6.04 Å². The molecule has 3 heterocycles. The Balaban J connectivity index is 1.55. The molecule has 1 aliphatic heterocycles. The van der Waals surface area contributed by atoms with E-state index in [1.165, 1.54) is 31.2 Å². The van der Waals surface area contributed by atoms with E-state index in [0.717, 1.165) is 22.2 Å². The van der Waals surface area contributed by atoms with Gasteiger partial charge in [0.05, 0.1) is 24.9 Å². The lowest BCUT2D eigenvalue weighted by Crippen LogP contribution is -2.29. The molecule has 6 heteroatoms. The first-order chi connectivity index (χ1) is 14.7. The summed E-state index contributed by atoms with van der Waals surface area (Å²) >= 11 is 5.80. The molecule has 1 N–H and O–H groups in total. The average molecular weight is 419 g/mol. The quantitative estimate of drug-likeness (QED) is 0.578. The van der Waals surface area contributed by atoms with Crippen molar-refractivity contribution in [3.63, 3.8) is 0 Å². The first-order valence-corrected chi connectivity index (χ1v) is 11.0. The van der Waals surface area contributed by atoms with Gasteiger partial charge in [-0.15, -0.1) is 0 Å². The molecule has 0 unspecified atom stereocenters. The Hall–Kier alpha value is -2.86. The molecule has 0 spiro atoms. The molecule has 0 radical (unpaired) electrons. The third-order valence-electron chi connectivity index (χ3n) is 6.27. The van der Waals surface area contributed by atoms with Crippen molar-refractivity contribution in [2.45, 2.75) is 43.8 Å². The van der Waals surface area contributed by atoms with Crippen LogP contribution in [0.4, 0.5) is 5.69 Å². The second kappa shape index (κ2) is 8.11. The molecule has 1 aromatic carbocycles. The summed E-state index contributed by atoms with van der Waals surface area (Å²) in [5, 5.41) is 4.25. The molecular weight excluding hydrogens is 392 g/mol. The Kier molecular flexibility index (Phi) is 5.17. The van der Waals surface area contributed by atoms with Gasteiger partial charge in [-0.25, -0.2) is 0 Å². The van der Waals surface area contributed by atoms with E-state index in [1.54, 1.807) is 7.11 Å². The average Bonchev–Trinajstić information content (AvgIpc) is 3.54. The fourth-order valence-electron chi connectivity index (χ4n) is 4.75. The monoisotopic (exact) mass is 418 g/mol. The maximum Gasteiger partial charge on any atom is 0.174 e. The molecule has 2 atom stereocenters. The Morgan fingerprint density at radius 2 is 1.87 bits per heavy atom. The minimum Gasteiger partial charge on any atom is -0.497 e. The van der Waals surface area contributed by atoms with E-state index in [4.69, 9.17) is 17.0 Å². The molecule has 0 amide bonds. The van der Waals surface area contributed by atoms with Crippen molar-refractivity contribution in [3.8, 4) is 5.75 Å². The highest BCUT2D eigenvalue weighted by atomic mass is 32.1. The molecule has 2 fully saturated rings. The third-order valence-corrected chi connectivity index (χ3v) is 6.59. The predicted octanol–water partition coefficient (Wildman–Crippen LogP) is 5.18. The number of nitrogens with zero attached hydrogens (tertiary/aromatic N) is 3. The lowest BCUT2D eigenvalue weighted by Gasteiger charge is -2.27. The highest BCUT2D eigenvalue weighted by molar-refractivity contribution is 7.80. The number of anilines is 1. The molecule has 5 rings (SSSR count). The van der Waals surface area contributed by atoms with Crippen LogP contribution in [-0.2, 0) is 0 Å². The van der Waals surface area contributed by atoms with Gasteiger partial charge in [0, 0.05) is 30.3 Å². The number of rotatable bonds is 5. The molecule has 1 aliphatic carbocycles. The Morgan fingerprint density at radius 3 is 2.57 bits per heavy atom. The summed E-state index contributed by atoms with van der Waals surface area (Å²) in [6, 6.07) is 17.0. The summed E-state index contributed by atoms with van der Waals surface area (Å²) in [5.41, 5.74) is 3.29. The number of nitrogens with one attached hydrogen (secondary N) is 1. The summed E-state index contributed by atoms with van der Waals surface area (Å²) in [6.07, 6.45) is 11.6. The number of aromatic nitrogens is 2. The molecule has 1 saturated carbocycles. The topological polar surface area (TPSA) is 42.3 Å². The molecule has 2 aromatic heterocycles. The van der Waals surface area contributed by atoms with Crippen LogP contribution >= 0.6 is 12.2 Å². The molecule has 30 heavy (non-hydrogen) atoms. The zero-order valence-corrected chi connectivity index (χ0v) is 17.9. The van der Waals surface area contributed by atoms with E-state index >= 15 is 0 Å². The third kappa shape index (κ3) is 3.45. The molecule has 5 nitrogen and oxygen atoms in total. The second-order valence-corrected chi connectivity index (χ2v) is 8.41. The Bertz CT molecular complexity index is 1010. The largest absolute Gasteiger partial charge is 0.497 e. The van der Waals surface area contributed by atoms with Gasteiger partial charge in [0.1, 0.15) is 5.75 Å². The van der Waals surface area contributed by atoms with Crippen molar-refractivity contribution in [3.05, 3.63) is 78.4 Å². The summed E-state index contributed by atoms with van der Waals surface area (Å²) < 4.78 is 7.73. The fourth-order valence-corrected chi connectivity index (χ4v) is 5.10. The normalized spacial score (nSPS) is 21.8. The number of thiocarbonyl (C=S) groups is 1. The SMILES string of the molecule is COc1ccc(N2C(=S)N[C@@H](c3ccccn3)[C@@H]2c2ccn(C3CCCC3)c2)cc1. The van der Waals surface area contributed by atoms with Crippen LogP contribution < -0.4 is 15.0 Å². The van der Waals surface area contributed by atoms with Gasteiger partial charge in [0.15, 0.2) is 5.11 Å². The van der Waals surface area contributed by atoms with Gasteiger partial charge in [-0.2, -0.15) is 0 Å². The zero-order valence-electron chi connectivity index (χ0n) is 17.1. The van der Waals surface area contributed by atoms with Crippen LogP contribution in [0, 0.1) is 0 Å². The predicted molar refractivity (Wildman–Crippen MR) is 123 cm³/mol. The second-order valence-electron chi connectivity index (χ2n) is 8.02. The number of pyridine rings is 1. The van der Waals surface area contributed by atoms with Crippen LogP contribution in [-0.4, -0.2) is 21.8 Å². The van der Waals surface area contributed by atoms with E-state index in [1.807, 2.05) is 30.5 Å². The van der Waals surface area contributed by atoms with Crippen LogP contribution in [0.5, 0.6) is 5.75 Å². The van der Waals surface area contributed by atoms with Gasteiger partial charge in [0.2, 0.25) is 0 Å². The van der Waals surface area contributed by atoms with Crippen molar-refractivity contribution in [2.24, 2.45) is 0 Å². The van der Waals surface area contributed by atoms with Crippen molar-refractivity contribution < 1.29 is 4.74 Å². The minimum absolute atomic E-state index is 0.0137. The van der Waals surface area contributed by atoms with Crippen molar-refractivity contribution >= 4 is 23.0 Å². The van der Waals surface area contributed by atoms with Crippen LogP contribution in [0.3, 0.4) is 0 Å². The number of hydrogen-bond donors (Lipinski definition) is 1. The molecule has 0 bridgehead atoms. The van der Waals surface area contributed by atoms with E-state index in [-0.39, 0.29) is 12.1 Å². The standard InChI is InChI=1S/C24H26N4OS/c1-29-20-11-9-19(10-12-20)28-23(17-13-15-27(16-17)18-6-2-3-7-18)22(26-24(28)30)21-8-4-5-14-25-21/h4-5,8-16,18,22-23H,2-3,6-7H2,1H3,(H,26,30)/t22-,23-/m0/s1. The molecule has 3 aromatic rings. The van der Waals surface area contributed by atoms with Crippen LogP contribution in [0.25, 0.3) is 0 Å². The molecule has 1 saturated heterocycles. The smallest absolute Gasteiger partial charge is 0.174 e. The van der Waals surface area contributed by atoms with Gasteiger partial charge in [0.25, 0.3) is 0 Å². The molecule has 2 aliphatic rings. The minimum atomic E-state index is -0.0137. The van der Waals surface area contributed by atoms with Gasteiger partial charge >= 0.3 is 0 Å². The lowest BCUT2D eigenvalue weighted by atomic mass is 9.98. The van der Waals surface area contributed by atoms with Gasteiger partial charge in [-0.05, 0) is 73.1 Å². The number of methoxy groups -OCH3 is 1. The number of hydrogen-bond acceptors (Lipinski definition) is 3. The maximum atomic E-state index is 5.80. The molecule has 154 valence electrons. The lowest BCUT2D eigenvalue weighted by molar-refractivity contribution is 0.415. The first kappa shape index (κ1) is 19.1. The van der Waals surface area contributed by atoms with Gasteiger partial charge in [-0.3, -0.25) is 4.98 Å². The van der Waals surface area contributed by atoms with Gasteiger partial charge in [-0.1, -0.05) is 18.9 Å². The summed E-state index contributed by atoms with van der Waals surface area (Å²) in [7, 11) is 1.68. The number of benzene rings is 1. The summed E-state index contributed by atoms with van der Waals surface area (Å²) in [4.78, 5) is 6.85. The Morgan fingerprint density at radius 1 is 1.07 bits per heavy atom. The Labute approximate surface area is 182 Å². The van der Waals surface area contributed by atoms with Crippen molar-refractivity contribution in [1.29, 1.82) is 0 Å². The molecular formula is C24H26N4OS. The van der Waals surface area contributed by atoms with Crippen LogP contribution in [0.15, 0.2) is 67.1 Å². The van der Waals surface area contributed by atoms with Crippen LogP contribution in [0.1, 0.15) is 55.1 Å². The fraction of sp³-hybridized carbons (Fsp3) is 0.333. The maximum absolute atomic E-state index is 5.80. The highest BCUT2D eigenvalue weighted by Gasteiger charge is 2.41. The first-order valence-electron chi connectivity index (χ1n) is 10.6. The van der Waals surface area contributed by atoms with Gasteiger partial charge < -0.3 is 19.5 Å². The van der Waals surface area contributed by atoms with Crippen molar-refractivity contribution in [1.82, 2.24) is 14.9 Å². The van der Waals surface area contributed by atoms with Crippen molar-refractivity contribution in [2.75, 3.05) is 12.0 Å². The summed E-state index contributed by atoms with van der Waals surface area (Å²) in [6.45, 7) is 0. The van der Waals surface area contributed by atoms with Crippen LogP contribution in [0.2, 0.25) is 0 Å². The number of ether oxygens (including phenoxy) is 1. The summed E-state index contributed by atoms with van der Waals surface area (Å²) in [5.74, 6) is 0.835. The van der Waals surface area contributed by atoms with E-state index < -0.39 is 0 Å². The van der Waals surface area contributed by atoms with E-state index in [2.05, 4.69) is 56.4 Å². The highest BCUT2D eigenvalue weighted by Crippen LogP contribution is 2.42.